The number of ether oxygens (including phenoxy) is 1. The van der Waals surface area contributed by atoms with Crippen molar-refractivity contribution in [3.05, 3.63) is 83.4 Å². The van der Waals surface area contributed by atoms with Crippen molar-refractivity contribution < 1.29 is 18.7 Å². The molecule has 0 radical (unpaired) electrons. The van der Waals surface area contributed by atoms with E-state index in [1.54, 1.807) is 19.1 Å². The molecule has 0 unspecified atom stereocenters. The zero-order valence-corrected chi connectivity index (χ0v) is 14.7. The van der Waals surface area contributed by atoms with Gasteiger partial charge in [0, 0.05) is 0 Å². The van der Waals surface area contributed by atoms with E-state index in [2.05, 4.69) is 10.4 Å². The van der Waals surface area contributed by atoms with Crippen LogP contribution in [0, 0.1) is 12.7 Å². The number of esters is 1. The van der Waals surface area contributed by atoms with Gasteiger partial charge in [-0.25, -0.2) is 9.07 Å². The Bertz CT molecular complexity index is 937. The number of nitrogens with zero attached hydrogens (tertiary/aromatic N) is 2. The molecule has 0 aliphatic rings. The molecule has 0 spiro atoms. The molecule has 1 aromatic heterocycles. The summed E-state index contributed by atoms with van der Waals surface area (Å²) < 4.78 is 19.7. The quantitative estimate of drug-likeness (QED) is 0.680. The van der Waals surface area contributed by atoms with Crippen molar-refractivity contribution in [2.45, 2.75) is 13.5 Å². The molecule has 0 saturated carbocycles. The number of carbonyl (C=O) groups excluding carboxylic acids is 2. The van der Waals surface area contributed by atoms with Crippen molar-refractivity contribution in [1.82, 2.24) is 15.1 Å². The molecule has 1 amide bonds. The summed E-state index contributed by atoms with van der Waals surface area (Å²) in [5.41, 5.74) is 2.41. The van der Waals surface area contributed by atoms with Crippen LogP contribution >= 0.6 is 0 Å². The summed E-state index contributed by atoms with van der Waals surface area (Å²) in [7, 11) is 0. The van der Waals surface area contributed by atoms with E-state index in [1.807, 2.05) is 30.3 Å². The largest absolute Gasteiger partial charge is 0.460 e. The molecular weight excluding hydrogens is 349 g/mol. The molecule has 27 heavy (non-hydrogen) atoms. The Morgan fingerprint density at radius 1 is 1.11 bits per heavy atom. The summed E-state index contributed by atoms with van der Waals surface area (Å²) in [6, 6.07) is 15.0. The van der Waals surface area contributed by atoms with Gasteiger partial charge in [-0.2, -0.15) is 5.10 Å². The molecular formula is C20H18FN3O3. The number of halogens is 1. The van der Waals surface area contributed by atoms with E-state index < -0.39 is 11.9 Å². The fourth-order valence-electron chi connectivity index (χ4n) is 2.51. The van der Waals surface area contributed by atoms with Gasteiger partial charge >= 0.3 is 5.97 Å². The Labute approximate surface area is 155 Å². The SMILES string of the molecule is Cc1c(C(=O)NCC(=O)OCc2ccccc2)cnn1-c1ccc(F)cc1. The van der Waals surface area contributed by atoms with E-state index in [0.717, 1.165) is 5.56 Å². The Balaban J connectivity index is 1.57. The normalized spacial score (nSPS) is 10.4. The molecule has 0 saturated heterocycles. The van der Waals surface area contributed by atoms with Gasteiger partial charge in [0.2, 0.25) is 0 Å². The highest BCUT2D eigenvalue weighted by Crippen LogP contribution is 2.14. The lowest BCUT2D eigenvalue weighted by atomic mass is 10.2. The third-order valence-electron chi connectivity index (χ3n) is 3.96. The van der Waals surface area contributed by atoms with Gasteiger partial charge < -0.3 is 10.1 Å². The monoisotopic (exact) mass is 367 g/mol. The van der Waals surface area contributed by atoms with Crippen molar-refractivity contribution in [3.8, 4) is 5.69 Å². The highest BCUT2D eigenvalue weighted by molar-refractivity contribution is 5.96. The number of hydrogen-bond acceptors (Lipinski definition) is 4. The van der Waals surface area contributed by atoms with Gasteiger partial charge in [-0.05, 0) is 36.8 Å². The first-order chi connectivity index (χ1) is 13.0. The number of nitrogens with one attached hydrogen (secondary N) is 1. The molecule has 0 aliphatic carbocycles. The molecule has 0 bridgehead atoms. The molecule has 2 aromatic carbocycles. The maximum absolute atomic E-state index is 13.0. The van der Waals surface area contributed by atoms with Crippen LogP contribution in [0.1, 0.15) is 21.6 Å². The van der Waals surface area contributed by atoms with E-state index in [9.17, 15) is 14.0 Å². The number of hydrogen-bond donors (Lipinski definition) is 1. The summed E-state index contributed by atoms with van der Waals surface area (Å²) in [4.78, 5) is 24.1. The molecule has 0 aliphatic heterocycles. The van der Waals surface area contributed by atoms with Gasteiger partial charge in [0.25, 0.3) is 5.91 Å². The minimum absolute atomic E-state index is 0.150. The van der Waals surface area contributed by atoms with E-state index >= 15 is 0 Å². The second-order valence-corrected chi connectivity index (χ2v) is 5.86. The topological polar surface area (TPSA) is 73.2 Å². The van der Waals surface area contributed by atoms with Crippen molar-refractivity contribution in [3.63, 3.8) is 0 Å². The van der Waals surface area contributed by atoms with Gasteiger partial charge in [0.15, 0.2) is 0 Å². The van der Waals surface area contributed by atoms with Crippen LogP contribution in [0.4, 0.5) is 4.39 Å². The second kappa shape index (κ2) is 8.27. The first-order valence-electron chi connectivity index (χ1n) is 8.33. The van der Waals surface area contributed by atoms with E-state index in [4.69, 9.17) is 4.74 Å². The van der Waals surface area contributed by atoms with Crippen LogP contribution in [0.25, 0.3) is 5.69 Å². The maximum Gasteiger partial charge on any atom is 0.325 e. The lowest BCUT2D eigenvalue weighted by Crippen LogP contribution is -2.30. The zero-order chi connectivity index (χ0) is 19.2. The fraction of sp³-hybridized carbons (Fsp3) is 0.150. The fourth-order valence-corrected chi connectivity index (χ4v) is 2.51. The second-order valence-electron chi connectivity index (χ2n) is 5.86. The number of carbonyl (C=O) groups is 2. The predicted molar refractivity (Wildman–Crippen MR) is 96.8 cm³/mol. The van der Waals surface area contributed by atoms with E-state index in [0.29, 0.717) is 16.9 Å². The third kappa shape index (κ3) is 4.58. The van der Waals surface area contributed by atoms with Gasteiger partial charge in [-0.1, -0.05) is 30.3 Å². The number of aromatic nitrogens is 2. The van der Waals surface area contributed by atoms with Crippen LogP contribution in [0.3, 0.4) is 0 Å². The van der Waals surface area contributed by atoms with Crippen molar-refractivity contribution in [1.29, 1.82) is 0 Å². The standard InChI is InChI=1S/C20H18FN3O3/c1-14-18(11-23-24(14)17-9-7-16(21)8-10-17)20(26)22-12-19(25)27-13-15-5-3-2-4-6-15/h2-11H,12-13H2,1H3,(H,22,26). The van der Waals surface area contributed by atoms with Crippen LogP contribution in [0.15, 0.2) is 60.8 Å². The molecule has 1 N–H and O–H groups in total. The minimum Gasteiger partial charge on any atom is -0.460 e. The Morgan fingerprint density at radius 3 is 2.52 bits per heavy atom. The van der Waals surface area contributed by atoms with Crippen LogP contribution < -0.4 is 5.32 Å². The first kappa shape index (κ1) is 18.3. The molecule has 0 fully saturated rings. The Morgan fingerprint density at radius 2 is 1.81 bits per heavy atom. The highest BCUT2D eigenvalue weighted by atomic mass is 19.1. The van der Waals surface area contributed by atoms with Gasteiger partial charge in [0.05, 0.1) is 23.1 Å². The van der Waals surface area contributed by atoms with Crippen LogP contribution in [-0.2, 0) is 16.1 Å². The van der Waals surface area contributed by atoms with Crippen LogP contribution in [-0.4, -0.2) is 28.2 Å². The maximum atomic E-state index is 13.0. The summed E-state index contributed by atoms with van der Waals surface area (Å²) in [6.07, 6.45) is 1.41. The van der Waals surface area contributed by atoms with Crippen molar-refractivity contribution in [2.75, 3.05) is 6.54 Å². The first-order valence-corrected chi connectivity index (χ1v) is 8.33. The van der Waals surface area contributed by atoms with E-state index in [-0.39, 0.29) is 19.0 Å². The molecule has 7 heteroatoms. The lowest BCUT2D eigenvalue weighted by molar-refractivity contribution is -0.143. The summed E-state index contributed by atoms with van der Waals surface area (Å²) >= 11 is 0. The van der Waals surface area contributed by atoms with Crippen LogP contribution in [0.2, 0.25) is 0 Å². The number of amides is 1. The molecule has 3 rings (SSSR count). The molecule has 138 valence electrons. The highest BCUT2D eigenvalue weighted by Gasteiger charge is 2.16. The average molecular weight is 367 g/mol. The van der Waals surface area contributed by atoms with E-state index in [1.165, 1.54) is 23.0 Å². The number of benzene rings is 2. The Kier molecular flexibility index (Phi) is 5.61. The molecule has 1 heterocycles. The smallest absolute Gasteiger partial charge is 0.325 e. The van der Waals surface area contributed by atoms with Gasteiger partial charge in [-0.15, -0.1) is 0 Å². The third-order valence-corrected chi connectivity index (χ3v) is 3.96. The summed E-state index contributed by atoms with van der Waals surface area (Å²) in [5, 5.41) is 6.68. The average Bonchev–Trinajstić information content (AvgIpc) is 3.07. The molecule has 0 atom stereocenters. The van der Waals surface area contributed by atoms with Gasteiger partial charge in [0.1, 0.15) is 19.0 Å². The summed E-state index contributed by atoms with van der Waals surface area (Å²) in [5.74, 6) is -1.32. The molecule has 3 aromatic rings. The predicted octanol–water partition coefficient (Wildman–Crippen LogP) is 2.79. The minimum atomic E-state index is -0.532. The van der Waals surface area contributed by atoms with Crippen LogP contribution in [0.5, 0.6) is 0 Å². The van der Waals surface area contributed by atoms with Gasteiger partial charge in [-0.3, -0.25) is 9.59 Å². The van der Waals surface area contributed by atoms with Crippen molar-refractivity contribution >= 4 is 11.9 Å². The lowest BCUT2D eigenvalue weighted by Gasteiger charge is -2.07. The zero-order valence-electron chi connectivity index (χ0n) is 14.7. The molecule has 6 nitrogen and oxygen atoms in total. The number of rotatable bonds is 6. The van der Waals surface area contributed by atoms with Crippen molar-refractivity contribution in [2.24, 2.45) is 0 Å². The summed E-state index contributed by atoms with van der Waals surface area (Å²) in [6.45, 7) is 1.63. The Hall–Kier alpha value is -3.48.